The Labute approximate surface area is 157 Å². The number of aromatic nitrogens is 4. The van der Waals surface area contributed by atoms with Crippen LogP contribution in [0, 0.1) is 0 Å². The van der Waals surface area contributed by atoms with Crippen molar-refractivity contribution in [2.75, 3.05) is 30.0 Å². The molecule has 0 aromatic carbocycles. The molecule has 2 aliphatic rings. The number of hydrogen-bond acceptors (Lipinski definition) is 8. The summed E-state index contributed by atoms with van der Waals surface area (Å²) in [6.07, 6.45) is 9.57. The number of rotatable bonds is 5. The van der Waals surface area contributed by atoms with Crippen molar-refractivity contribution in [1.29, 1.82) is 0 Å². The lowest BCUT2D eigenvalue weighted by Crippen LogP contribution is -2.46. The number of furan rings is 1. The second kappa shape index (κ2) is 6.68. The van der Waals surface area contributed by atoms with Gasteiger partial charge in [-0.1, -0.05) is 0 Å². The van der Waals surface area contributed by atoms with Gasteiger partial charge in [0.05, 0.1) is 19.6 Å². The molecular weight excluding hydrogens is 344 g/mol. The fourth-order valence-electron chi connectivity index (χ4n) is 3.96. The van der Waals surface area contributed by atoms with Gasteiger partial charge in [-0.2, -0.15) is 5.10 Å². The first kappa shape index (κ1) is 16.3. The lowest BCUT2D eigenvalue weighted by Gasteiger charge is -2.39. The van der Waals surface area contributed by atoms with Crippen molar-refractivity contribution in [3.8, 4) is 5.88 Å². The van der Waals surface area contributed by atoms with Crippen LogP contribution >= 0.6 is 0 Å². The topological polar surface area (TPSA) is 80.4 Å². The molecule has 4 heterocycles. The largest absolute Gasteiger partial charge is 0.481 e. The number of ether oxygens (including phenoxy) is 1. The zero-order valence-corrected chi connectivity index (χ0v) is 15.3. The van der Waals surface area contributed by atoms with Gasteiger partial charge < -0.3 is 19.0 Å². The molecule has 0 amide bonds. The van der Waals surface area contributed by atoms with Crippen molar-refractivity contribution < 1.29 is 9.15 Å². The maximum atomic E-state index is 5.63. The molecule has 1 aliphatic heterocycles. The van der Waals surface area contributed by atoms with Crippen molar-refractivity contribution in [2.24, 2.45) is 0 Å². The molecule has 3 aromatic rings. The van der Waals surface area contributed by atoms with Crippen molar-refractivity contribution in [1.82, 2.24) is 20.2 Å². The van der Waals surface area contributed by atoms with Crippen LogP contribution in [0.5, 0.6) is 5.88 Å². The summed E-state index contributed by atoms with van der Waals surface area (Å²) in [6, 6.07) is 4.91. The minimum Gasteiger partial charge on any atom is -0.481 e. The van der Waals surface area contributed by atoms with Gasteiger partial charge in [0, 0.05) is 36.6 Å². The van der Waals surface area contributed by atoms with Gasteiger partial charge in [0.25, 0.3) is 0 Å². The van der Waals surface area contributed by atoms with Gasteiger partial charge in [-0.25, -0.2) is 9.97 Å². The number of fused-ring (bicyclic) bond motifs is 1. The summed E-state index contributed by atoms with van der Waals surface area (Å²) in [5, 5.41) is 9.45. The second-order valence-corrected chi connectivity index (χ2v) is 7.15. The number of methoxy groups -OCH3 is 1. The predicted octanol–water partition coefficient (Wildman–Crippen LogP) is 2.66. The van der Waals surface area contributed by atoms with E-state index in [0.717, 1.165) is 48.5 Å². The Morgan fingerprint density at radius 1 is 1.15 bits per heavy atom. The minimum atomic E-state index is 0.456. The summed E-state index contributed by atoms with van der Waals surface area (Å²) >= 11 is 0. The Bertz CT molecular complexity index is 933. The van der Waals surface area contributed by atoms with E-state index in [-0.39, 0.29) is 0 Å². The van der Waals surface area contributed by atoms with Crippen LogP contribution in [-0.2, 0) is 0 Å². The SMILES string of the molecule is COc1cc(N(C2CC2)C2CCN(c3nncc4ccoc34)CC2)ncn1. The first-order valence-electron chi connectivity index (χ1n) is 9.41. The van der Waals surface area contributed by atoms with Gasteiger partial charge >= 0.3 is 0 Å². The molecule has 140 valence electrons. The summed E-state index contributed by atoms with van der Waals surface area (Å²) in [5.41, 5.74) is 0.822. The highest BCUT2D eigenvalue weighted by Crippen LogP contribution is 2.37. The van der Waals surface area contributed by atoms with Crippen molar-refractivity contribution in [2.45, 2.75) is 37.8 Å². The third kappa shape index (κ3) is 3.05. The molecule has 1 aliphatic carbocycles. The number of nitrogens with zero attached hydrogens (tertiary/aromatic N) is 6. The van der Waals surface area contributed by atoms with Crippen molar-refractivity contribution in [3.63, 3.8) is 0 Å². The van der Waals surface area contributed by atoms with Crippen LogP contribution in [0.25, 0.3) is 11.0 Å². The highest BCUT2D eigenvalue weighted by atomic mass is 16.5. The number of hydrogen-bond donors (Lipinski definition) is 0. The predicted molar refractivity (Wildman–Crippen MR) is 101 cm³/mol. The molecule has 2 fully saturated rings. The summed E-state index contributed by atoms with van der Waals surface area (Å²) in [4.78, 5) is 13.4. The maximum absolute atomic E-state index is 5.63. The van der Waals surface area contributed by atoms with E-state index in [1.165, 1.54) is 12.8 Å². The third-order valence-electron chi connectivity index (χ3n) is 5.45. The smallest absolute Gasteiger partial charge is 0.218 e. The van der Waals surface area contributed by atoms with Gasteiger partial charge in [-0.3, -0.25) is 0 Å². The second-order valence-electron chi connectivity index (χ2n) is 7.15. The van der Waals surface area contributed by atoms with Crippen LogP contribution in [0.3, 0.4) is 0 Å². The lowest BCUT2D eigenvalue weighted by molar-refractivity contribution is 0.395. The average Bonchev–Trinajstić information content (AvgIpc) is 3.43. The molecule has 0 bridgehead atoms. The Balaban J connectivity index is 1.35. The molecule has 0 spiro atoms. The van der Waals surface area contributed by atoms with Gasteiger partial charge in [0.1, 0.15) is 12.1 Å². The van der Waals surface area contributed by atoms with Crippen LogP contribution in [-0.4, -0.2) is 52.4 Å². The molecule has 8 nitrogen and oxygen atoms in total. The maximum Gasteiger partial charge on any atom is 0.218 e. The minimum absolute atomic E-state index is 0.456. The zero-order chi connectivity index (χ0) is 18.2. The lowest BCUT2D eigenvalue weighted by atomic mass is 10.0. The van der Waals surface area contributed by atoms with E-state index < -0.39 is 0 Å². The molecule has 1 saturated carbocycles. The highest BCUT2D eigenvalue weighted by molar-refractivity contribution is 5.86. The molecular formula is C19H22N6O2. The Kier molecular flexibility index (Phi) is 4.03. The van der Waals surface area contributed by atoms with E-state index in [4.69, 9.17) is 9.15 Å². The number of piperidine rings is 1. The first-order valence-corrected chi connectivity index (χ1v) is 9.41. The van der Waals surface area contributed by atoms with E-state index in [0.29, 0.717) is 18.0 Å². The fourth-order valence-corrected chi connectivity index (χ4v) is 3.96. The van der Waals surface area contributed by atoms with Gasteiger partial charge in [-0.05, 0) is 31.7 Å². The third-order valence-corrected chi connectivity index (χ3v) is 5.45. The molecule has 1 saturated heterocycles. The summed E-state index contributed by atoms with van der Waals surface area (Å²) in [7, 11) is 1.64. The Morgan fingerprint density at radius 2 is 1.96 bits per heavy atom. The molecule has 0 atom stereocenters. The summed E-state index contributed by atoms with van der Waals surface area (Å²) < 4.78 is 10.9. The summed E-state index contributed by atoms with van der Waals surface area (Å²) in [5.74, 6) is 2.43. The average molecular weight is 366 g/mol. The van der Waals surface area contributed by atoms with E-state index >= 15 is 0 Å². The normalized spacial score (nSPS) is 18.0. The molecule has 8 heteroatoms. The van der Waals surface area contributed by atoms with Crippen LogP contribution < -0.4 is 14.5 Å². The molecule has 3 aromatic heterocycles. The molecule has 5 rings (SSSR count). The van der Waals surface area contributed by atoms with Gasteiger partial charge in [0.2, 0.25) is 5.88 Å². The van der Waals surface area contributed by atoms with Crippen molar-refractivity contribution >= 4 is 22.6 Å². The van der Waals surface area contributed by atoms with Crippen LogP contribution in [0.4, 0.5) is 11.6 Å². The van der Waals surface area contributed by atoms with E-state index in [1.807, 2.05) is 12.1 Å². The van der Waals surface area contributed by atoms with Crippen molar-refractivity contribution in [3.05, 3.63) is 30.9 Å². The molecule has 0 unspecified atom stereocenters. The quantitative estimate of drug-likeness (QED) is 0.682. The van der Waals surface area contributed by atoms with Gasteiger partial charge in [0.15, 0.2) is 11.4 Å². The molecule has 27 heavy (non-hydrogen) atoms. The number of anilines is 2. The van der Waals surface area contributed by atoms with Gasteiger partial charge in [-0.15, -0.1) is 5.10 Å². The van der Waals surface area contributed by atoms with E-state index in [9.17, 15) is 0 Å². The molecule has 0 radical (unpaired) electrons. The fraction of sp³-hybridized carbons (Fsp3) is 0.474. The Hall–Kier alpha value is -2.90. The first-order chi connectivity index (χ1) is 13.3. The summed E-state index contributed by atoms with van der Waals surface area (Å²) in [6.45, 7) is 1.84. The highest BCUT2D eigenvalue weighted by Gasteiger charge is 2.37. The molecule has 0 N–H and O–H groups in total. The zero-order valence-electron chi connectivity index (χ0n) is 15.3. The van der Waals surface area contributed by atoms with Crippen LogP contribution in [0.1, 0.15) is 25.7 Å². The monoisotopic (exact) mass is 366 g/mol. The van der Waals surface area contributed by atoms with Crippen LogP contribution in [0.15, 0.2) is 35.3 Å². The van der Waals surface area contributed by atoms with E-state index in [2.05, 4.69) is 30.0 Å². The van der Waals surface area contributed by atoms with Crippen LogP contribution in [0.2, 0.25) is 0 Å². The van der Waals surface area contributed by atoms with E-state index in [1.54, 1.807) is 25.9 Å². The standard InChI is InChI=1S/C19H22N6O2/c1-26-17-10-16(20-12-21-17)25(14-2-3-14)15-4-7-24(8-5-15)19-18-13(6-9-27-18)11-22-23-19/h6,9-12,14-15H,2-5,7-8H2,1H3. The Morgan fingerprint density at radius 3 is 2.74 bits per heavy atom.